The van der Waals surface area contributed by atoms with Gasteiger partial charge in [0.2, 0.25) is 5.91 Å². The monoisotopic (exact) mass is 363 g/mol. The van der Waals surface area contributed by atoms with Crippen LogP contribution < -0.4 is 14.8 Å². The first-order valence-electron chi connectivity index (χ1n) is 8.65. The van der Waals surface area contributed by atoms with Crippen molar-refractivity contribution < 1.29 is 14.3 Å². The van der Waals surface area contributed by atoms with Crippen LogP contribution in [0, 0.1) is 13.8 Å². The quantitative estimate of drug-likeness (QED) is 0.678. The number of nitrogens with one attached hydrogen (secondary N) is 1. The van der Waals surface area contributed by atoms with Crippen LogP contribution in [0.1, 0.15) is 17.5 Å². The minimum atomic E-state index is -0.111. The van der Waals surface area contributed by atoms with Gasteiger partial charge in [-0.3, -0.25) is 4.79 Å². The summed E-state index contributed by atoms with van der Waals surface area (Å²) in [6.45, 7) is 4.32. The predicted molar refractivity (Wildman–Crippen MR) is 103 cm³/mol. The summed E-state index contributed by atoms with van der Waals surface area (Å²) in [5.41, 5.74) is 2.87. The van der Waals surface area contributed by atoms with Gasteiger partial charge in [0.05, 0.1) is 13.0 Å². The molecule has 0 aliphatic heterocycles. The number of nitrogens with zero attached hydrogens (tertiary/aromatic N) is 2. The minimum absolute atomic E-state index is 0.111. The molecule has 0 spiro atoms. The molecule has 0 unspecified atom stereocenters. The third-order valence-corrected chi connectivity index (χ3v) is 3.82. The smallest absolute Gasteiger partial charge is 0.321 e. The summed E-state index contributed by atoms with van der Waals surface area (Å²) in [4.78, 5) is 20.1. The molecular weight excluding hydrogens is 342 g/mol. The number of aryl methyl sites for hydroxylation is 2. The third-order valence-electron chi connectivity index (χ3n) is 3.82. The normalized spacial score (nSPS) is 10.3. The Balaban J connectivity index is 1.47. The van der Waals surface area contributed by atoms with E-state index >= 15 is 0 Å². The summed E-state index contributed by atoms with van der Waals surface area (Å²) in [5, 5.41) is 2.84. The third kappa shape index (κ3) is 5.54. The van der Waals surface area contributed by atoms with Gasteiger partial charge >= 0.3 is 6.01 Å². The average Bonchev–Trinajstić information content (AvgIpc) is 2.67. The summed E-state index contributed by atoms with van der Waals surface area (Å²) in [5.74, 6) is 1.30. The Morgan fingerprint density at radius 2 is 1.78 bits per heavy atom. The van der Waals surface area contributed by atoms with Gasteiger partial charge in [0.1, 0.15) is 11.5 Å². The van der Waals surface area contributed by atoms with Gasteiger partial charge in [-0.25, -0.2) is 9.97 Å². The van der Waals surface area contributed by atoms with Crippen LogP contribution >= 0.6 is 0 Å². The summed E-state index contributed by atoms with van der Waals surface area (Å²) in [6, 6.07) is 15.0. The van der Waals surface area contributed by atoms with Gasteiger partial charge in [-0.1, -0.05) is 12.1 Å². The van der Waals surface area contributed by atoms with E-state index in [0.717, 1.165) is 16.9 Å². The van der Waals surface area contributed by atoms with Gasteiger partial charge in [-0.15, -0.1) is 0 Å². The van der Waals surface area contributed by atoms with Gasteiger partial charge in [-0.05, 0) is 61.4 Å². The highest BCUT2D eigenvalue weighted by Gasteiger charge is 2.06. The number of amides is 1. The van der Waals surface area contributed by atoms with Gasteiger partial charge < -0.3 is 14.8 Å². The predicted octanol–water partition coefficient (Wildman–Crippen LogP) is 4.29. The highest BCUT2D eigenvalue weighted by Crippen LogP contribution is 2.21. The summed E-state index contributed by atoms with van der Waals surface area (Å²) in [7, 11) is 0. The maximum atomic E-state index is 12.1. The highest BCUT2D eigenvalue weighted by molar-refractivity contribution is 5.90. The summed E-state index contributed by atoms with van der Waals surface area (Å²) < 4.78 is 11.2. The second-order valence-electron chi connectivity index (χ2n) is 6.07. The zero-order valence-electron chi connectivity index (χ0n) is 15.3. The second kappa shape index (κ2) is 8.80. The molecule has 6 heteroatoms. The lowest BCUT2D eigenvalue weighted by Gasteiger charge is -2.10. The van der Waals surface area contributed by atoms with Crippen LogP contribution in [0.15, 0.2) is 60.9 Å². The van der Waals surface area contributed by atoms with E-state index in [0.29, 0.717) is 18.0 Å². The molecule has 1 N–H and O–H groups in total. The molecule has 6 nitrogen and oxygen atoms in total. The molecule has 1 amide bonds. The number of ether oxygens (including phenoxy) is 2. The Hall–Kier alpha value is -3.41. The Labute approximate surface area is 158 Å². The number of benzene rings is 2. The van der Waals surface area contributed by atoms with Crippen molar-refractivity contribution >= 4 is 11.6 Å². The number of carbonyl (C=O) groups excluding carboxylic acids is 1. The molecule has 3 rings (SSSR count). The van der Waals surface area contributed by atoms with Gasteiger partial charge in [0.25, 0.3) is 0 Å². The first kappa shape index (κ1) is 18.4. The van der Waals surface area contributed by atoms with Gasteiger partial charge in [0.15, 0.2) is 0 Å². The van der Waals surface area contributed by atoms with Crippen LogP contribution in [0.25, 0.3) is 0 Å². The first-order valence-corrected chi connectivity index (χ1v) is 8.65. The fourth-order valence-corrected chi connectivity index (χ4v) is 2.39. The number of aromatic nitrogens is 2. The van der Waals surface area contributed by atoms with E-state index in [1.807, 2.05) is 32.0 Å². The fraction of sp³-hybridized carbons (Fsp3) is 0.190. The molecule has 0 saturated heterocycles. The Bertz CT molecular complexity index is 896. The number of carbonyl (C=O) groups is 1. The molecule has 3 aromatic rings. The van der Waals surface area contributed by atoms with E-state index in [1.54, 1.807) is 42.7 Å². The van der Waals surface area contributed by atoms with Crippen molar-refractivity contribution in [1.29, 1.82) is 0 Å². The highest BCUT2D eigenvalue weighted by atomic mass is 16.5. The van der Waals surface area contributed by atoms with Crippen molar-refractivity contribution in [3.63, 3.8) is 0 Å². The Morgan fingerprint density at radius 1 is 1.04 bits per heavy atom. The van der Waals surface area contributed by atoms with E-state index in [1.165, 1.54) is 0 Å². The lowest BCUT2D eigenvalue weighted by molar-refractivity contribution is -0.116. The SMILES string of the molecule is Cc1ccc(C)c(OCCC(=O)Nc2ccc(Oc3ncccn3)cc2)c1. The van der Waals surface area contributed by atoms with Crippen LogP contribution in [0.2, 0.25) is 0 Å². The molecule has 1 aromatic heterocycles. The van der Waals surface area contributed by atoms with Crippen LogP contribution in [-0.2, 0) is 4.79 Å². The molecule has 138 valence electrons. The van der Waals surface area contributed by atoms with E-state index in [4.69, 9.17) is 9.47 Å². The largest absolute Gasteiger partial charge is 0.493 e. The van der Waals surface area contributed by atoms with E-state index in [2.05, 4.69) is 15.3 Å². The van der Waals surface area contributed by atoms with Gasteiger partial charge in [0, 0.05) is 18.1 Å². The average molecular weight is 363 g/mol. The van der Waals surface area contributed by atoms with E-state index in [-0.39, 0.29) is 18.3 Å². The zero-order valence-corrected chi connectivity index (χ0v) is 15.3. The number of rotatable bonds is 7. The molecule has 0 aliphatic carbocycles. The van der Waals surface area contributed by atoms with Crippen molar-refractivity contribution in [3.8, 4) is 17.5 Å². The number of hydrogen-bond acceptors (Lipinski definition) is 5. The summed E-state index contributed by atoms with van der Waals surface area (Å²) >= 11 is 0. The maximum absolute atomic E-state index is 12.1. The number of anilines is 1. The van der Waals surface area contributed by atoms with Crippen LogP contribution in [0.4, 0.5) is 5.69 Å². The molecule has 27 heavy (non-hydrogen) atoms. The summed E-state index contributed by atoms with van der Waals surface area (Å²) in [6.07, 6.45) is 3.48. The number of hydrogen-bond donors (Lipinski definition) is 1. The first-order chi connectivity index (χ1) is 13.1. The molecule has 0 radical (unpaired) electrons. The van der Waals surface area contributed by atoms with Crippen molar-refractivity contribution in [2.45, 2.75) is 20.3 Å². The molecule has 0 saturated carbocycles. The van der Waals surface area contributed by atoms with Crippen molar-refractivity contribution in [3.05, 3.63) is 72.1 Å². The lowest BCUT2D eigenvalue weighted by atomic mass is 10.1. The molecule has 0 bridgehead atoms. The van der Waals surface area contributed by atoms with Crippen molar-refractivity contribution in [2.24, 2.45) is 0 Å². The van der Waals surface area contributed by atoms with E-state index < -0.39 is 0 Å². The molecule has 0 fully saturated rings. The molecule has 1 heterocycles. The van der Waals surface area contributed by atoms with Crippen LogP contribution in [-0.4, -0.2) is 22.5 Å². The Morgan fingerprint density at radius 3 is 2.52 bits per heavy atom. The minimum Gasteiger partial charge on any atom is -0.493 e. The second-order valence-corrected chi connectivity index (χ2v) is 6.07. The molecular formula is C21H21N3O3. The molecule has 0 aliphatic rings. The van der Waals surface area contributed by atoms with Gasteiger partial charge in [-0.2, -0.15) is 0 Å². The standard InChI is InChI=1S/C21H21N3O3/c1-15-4-5-16(2)19(14-15)26-13-10-20(25)24-17-6-8-18(9-7-17)27-21-22-11-3-12-23-21/h3-9,11-12,14H,10,13H2,1-2H3,(H,24,25). The Kier molecular flexibility index (Phi) is 5.99. The van der Waals surface area contributed by atoms with Crippen LogP contribution in [0.5, 0.6) is 17.5 Å². The van der Waals surface area contributed by atoms with Crippen molar-refractivity contribution in [2.75, 3.05) is 11.9 Å². The maximum Gasteiger partial charge on any atom is 0.321 e. The molecule has 0 atom stereocenters. The van der Waals surface area contributed by atoms with Crippen LogP contribution in [0.3, 0.4) is 0 Å². The lowest BCUT2D eigenvalue weighted by Crippen LogP contribution is -2.15. The fourth-order valence-electron chi connectivity index (χ4n) is 2.39. The van der Waals surface area contributed by atoms with E-state index in [9.17, 15) is 4.79 Å². The molecule has 2 aromatic carbocycles. The van der Waals surface area contributed by atoms with Crippen molar-refractivity contribution in [1.82, 2.24) is 9.97 Å². The topological polar surface area (TPSA) is 73.3 Å². The zero-order chi connectivity index (χ0) is 19.1.